The molecule has 1 aliphatic heterocycles. The fourth-order valence-corrected chi connectivity index (χ4v) is 5.20. The largest absolute Gasteiger partial charge is 0.489 e. The number of carbonyl (C=O) groups excluding carboxylic acids is 1. The predicted octanol–water partition coefficient (Wildman–Crippen LogP) is 6.30. The Balaban J connectivity index is 1.43. The molecule has 1 atom stereocenters. The van der Waals surface area contributed by atoms with Crippen molar-refractivity contribution in [1.82, 2.24) is 14.8 Å². The van der Waals surface area contributed by atoms with Gasteiger partial charge in [0, 0.05) is 33.3 Å². The second-order valence-electron chi connectivity index (χ2n) is 7.89. The highest BCUT2D eigenvalue weighted by molar-refractivity contribution is 7.99. The Labute approximate surface area is 206 Å². The molecular weight excluding hydrogens is 479 g/mol. The zero-order valence-electron chi connectivity index (χ0n) is 18.0. The molecule has 1 aromatic heterocycles. The van der Waals surface area contributed by atoms with Crippen LogP contribution in [0.5, 0.6) is 5.75 Å². The zero-order valence-corrected chi connectivity index (χ0v) is 20.3. The molecule has 2 aliphatic rings. The summed E-state index contributed by atoms with van der Waals surface area (Å²) in [7, 11) is 0. The van der Waals surface area contributed by atoms with Crippen LogP contribution in [-0.2, 0) is 11.4 Å². The van der Waals surface area contributed by atoms with Crippen molar-refractivity contribution < 1.29 is 9.53 Å². The number of hydrogen-bond acceptors (Lipinski definition) is 6. The third kappa shape index (κ3) is 4.50. The number of aromatic nitrogens is 3. The van der Waals surface area contributed by atoms with Crippen LogP contribution in [0.1, 0.15) is 43.4 Å². The number of nitrogens with one attached hydrogen (secondary N) is 1. The number of rotatable bonds is 6. The lowest BCUT2D eigenvalue weighted by atomic mass is 9.85. The van der Waals surface area contributed by atoms with Gasteiger partial charge in [0.2, 0.25) is 11.1 Å². The first-order valence-electron chi connectivity index (χ1n) is 10.8. The average molecular weight is 501 g/mol. The first-order chi connectivity index (χ1) is 16.0. The van der Waals surface area contributed by atoms with E-state index in [1.807, 2.05) is 35.0 Å². The number of benzene rings is 2. The number of thioether (sulfide) groups is 1. The Bertz CT molecular complexity index is 1240. The lowest BCUT2D eigenvalue weighted by Crippen LogP contribution is -2.31. The highest BCUT2D eigenvalue weighted by atomic mass is 35.5. The number of carbonyl (C=O) groups is 1. The van der Waals surface area contributed by atoms with Crippen LogP contribution in [0.25, 0.3) is 0 Å². The van der Waals surface area contributed by atoms with Crippen molar-refractivity contribution in [3.63, 3.8) is 0 Å². The molecule has 0 bridgehead atoms. The summed E-state index contributed by atoms with van der Waals surface area (Å²) >= 11 is 13.8. The van der Waals surface area contributed by atoms with E-state index >= 15 is 0 Å². The van der Waals surface area contributed by atoms with Gasteiger partial charge in [-0.25, -0.2) is 4.68 Å². The first-order valence-corrected chi connectivity index (χ1v) is 12.6. The normalized spacial score (nSPS) is 17.4. The maximum atomic E-state index is 12.9. The standard InChI is InChI=1S/C24H22Cl2N4O2S/c1-2-33-24-28-23-27-19-4-3-5-20(31)21(19)22(30(23)29-24)14-7-10-17(11-8-14)32-13-15-6-9-16(25)12-18(15)26/h6-12,22H,2-5,13H2,1H3,(H,27,28,29). The third-order valence-corrected chi connectivity index (χ3v) is 7.03. The highest BCUT2D eigenvalue weighted by Gasteiger charge is 2.36. The molecule has 1 aliphatic carbocycles. The minimum Gasteiger partial charge on any atom is -0.489 e. The second kappa shape index (κ2) is 9.41. The van der Waals surface area contributed by atoms with Crippen molar-refractivity contribution >= 4 is 46.7 Å². The molecule has 2 heterocycles. The lowest BCUT2D eigenvalue weighted by molar-refractivity contribution is -0.116. The van der Waals surface area contributed by atoms with Crippen LogP contribution >= 0.6 is 35.0 Å². The van der Waals surface area contributed by atoms with Crippen LogP contribution < -0.4 is 10.1 Å². The number of ketones is 1. The fraction of sp³-hybridized carbons (Fsp3) is 0.292. The van der Waals surface area contributed by atoms with E-state index < -0.39 is 0 Å². The Morgan fingerprint density at radius 2 is 2.00 bits per heavy atom. The Morgan fingerprint density at radius 3 is 2.76 bits per heavy atom. The molecule has 170 valence electrons. The maximum Gasteiger partial charge on any atom is 0.227 e. The molecule has 1 unspecified atom stereocenters. The van der Waals surface area contributed by atoms with Crippen LogP contribution in [0.3, 0.4) is 0 Å². The molecule has 6 nitrogen and oxygen atoms in total. The minimum atomic E-state index is -0.303. The van der Waals surface area contributed by atoms with E-state index in [4.69, 9.17) is 33.0 Å². The molecular formula is C24H22Cl2N4O2S. The van der Waals surface area contributed by atoms with Crippen molar-refractivity contribution in [2.45, 2.75) is 44.0 Å². The summed E-state index contributed by atoms with van der Waals surface area (Å²) < 4.78 is 7.77. The van der Waals surface area contributed by atoms with Gasteiger partial charge in [0.15, 0.2) is 5.78 Å². The van der Waals surface area contributed by atoms with Crippen molar-refractivity contribution in [3.8, 4) is 5.75 Å². The van der Waals surface area contributed by atoms with E-state index in [0.717, 1.165) is 41.0 Å². The summed E-state index contributed by atoms with van der Waals surface area (Å²) in [6.07, 6.45) is 2.24. The smallest absolute Gasteiger partial charge is 0.227 e. The minimum absolute atomic E-state index is 0.164. The van der Waals surface area contributed by atoms with E-state index in [1.165, 1.54) is 0 Å². The van der Waals surface area contributed by atoms with Crippen LogP contribution in [0.4, 0.5) is 5.95 Å². The third-order valence-electron chi connectivity index (χ3n) is 5.73. The van der Waals surface area contributed by atoms with Gasteiger partial charge in [-0.2, -0.15) is 4.98 Å². The second-order valence-corrected chi connectivity index (χ2v) is 9.96. The molecule has 0 saturated heterocycles. The molecule has 1 N–H and O–H groups in total. The SMILES string of the molecule is CCSc1nc2n(n1)C(c1ccc(OCc3ccc(Cl)cc3Cl)cc1)C1=C(CCCC1=O)N2. The Hall–Kier alpha value is -2.48. The lowest BCUT2D eigenvalue weighted by Gasteiger charge is -2.32. The van der Waals surface area contributed by atoms with E-state index in [-0.39, 0.29) is 11.8 Å². The van der Waals surface area contributed by atoms with Crippen molar-refractivity contribution in [2.24, 2.45) is 0 Å². The highest BCUT2D eigenvalue weighted by Crippen LogP contribution is 2.40. The van der Waals surface area contributed by atoms with Gasteiger partial charge >= 0.3 is 0 Å². The van der Waals surface area contributed by atoms with Crippen LogP contribution in [0.2, 0.25) is 10.0 Å². The van der Waals surface area contributed by atoms with Crippen LogP contribution in [-0.4, -0.2) is 26.3 Å². The Kier molecular flexibility index (Phi) is 6.36. The average Bonchev–Trinajstić information content (AvgIpc) is 3.20. The molecule has 0 fully saturated rings. The summed E-state index contributed by atoms with van der Waals surface area (Å²) in [4.78, 5) is 17.6. The summed E-state index contributed by atoms with van der Waals surface area (Å²) in [5.41, 5.74) is 3.57. The number of nitrogens with zero attached hydrogens (tertiary/aromatic N) is 3. The van der Waals surface area contributed by atoms with Crippen molar-refractivity contribution in [1.29, 1.82) is 0 Å². The molecule has 5 rings (SSSR count). The summed E-state index contributed by atoms with van der Waals surface area (Å²) in [5, 5.41) is 9.93. The number of allylic oxidation sites excluding steroid dienone is 2. The van der Waals surface area contributed by atoms with Gasteiger partial charge in [-0.1, -0.05) is 60.1 Å². The van der Waals surface area contributed by atoms with Crippen molar-refractivity contribution in [2.75, 3.05) is 11.1 Å². The van der Waals surface area contributed by atoms with Crippen molar-refractivity contribution in [3.05, 3.63) is 74.9 Å². The van der Waals surface area contributed by atoms with Gasteiger partial charge in [-0.3, -0.25) is 4.79 Å². The maximum absolute atomic E-state index is 12.9. The monoisotopic (exact) mass is 500 g/mol. The van der Waals surface area contributed by atoms with E-state index in [1.54, 1.807) is 23.9 Å². The number of anilines is 1. The molecule has 0 amide bonds. The quantitative estimate of drug-likeness (QED) is 0.400. The molecule has 0 saturated carbocycles. The number of ether oxygens (including phenoxy) is 1. The molecule has 33 heavy (non-hydrogen) atoms. The summed E-state index contributed by atoms with van der Waals surface area (Å²) in [5.74, 6) is 2.44. The number of Topliss-reactive ketones (excluding diaryl/α,β-unsaturated/α-hetero) is 1. The molecule has 3 aromatic rings. The van der Waals surface area contributed by atoms with Gasteiger partial charge in [0.05, 0.1) is 0 Å². The summed E-state index contributed by atoms with van der Waals surface area (Å²) in [6, 6.07) is 12.8. The number of fused-ring (bicyclic) bond motifs is 1. The number of halogens is 2. The molecule has 9 heteroatoms. The van der Waals surface area contributed by atoms with Gasteiger partial charge in [-0.05, 0) is 48.4 Å². The van der Waals surface area contributed by atoms with Gasteiger partial charge in [0.25, 0.3) is 0 Å². The van der Waals surface area contributed by atoms with Gasteiger partial charge in [-0.15, -0.1) is 5.10 Å². The fourth-order valence-electron chi connectivity index (χ4n) is 4.18. The molecule has 0 spiro atoms. The summed E-state index contributed by atoms with van der Waals surface area (Å²) in [6.45, 7) is 2.40. The van der Waals surface area contributed by atoms with E-state index in [9.17, 15) is 4.79 Å². The number of hydrogen-bond donors (Lipinski definition) is 1. The molecule has 2 aromatic carbocycles. The van der Waals surface area contributed by atoms with E-state index in [2.05, 4.69) is 17.2 Å². The van der Waals surface area contributed by atoms with Crippen LogP contribution in [0, 0.1) is 0 Å². The Morgan fingerprint density at radius 1 is 1.18 bits per heavy atom. The topological polar surface area (TPSA) is 69.0 Å². The van der Waals surface area contributed by atoms with Gasteiger partial charge < -0.3 is 10.1 Å². The van der Waals surface area contributed by atoms with E-state index in [0.29, 0.717) is 39.9 Å². The molecule has 0 radical (unpaired) electrons. The van der Waals surface area contributed by atoms with Crippen LogP contribution in [0.15, 0.2) is 58.9 Å². The zero-order chi connectivity index (χ0) is 22.9. The predicted molar refractivity (Wildman–Crippen MR) is 131 cm³/mol. The first kappa shape index (κ1) is 22.3. The van der Waals surface area contributed by atoms with Gasteiger partial charge in [0.1, 0.15) is 18.4 Å².